The maximum absolute atomic E-state index is 11.2. The second-order valence-electron chi connectivity index (χ2n) is 4.04. The fraction of sp³-hybridized carbons (Fsp3) is 0.667. The second-order valence-corrected chi connectivity index (χ2v) is 4.04. The molecule has 5 heteroatoms. The van der Waals surface area contributed by atoms with Crippen LogP contribution in [0.1, 0.15) is 39.5 Å². The summed E-state index contributed by atoms with van der Waals surface area (Å²) in [6, 6.07) is 0. The van der Waals surface area contributed by atoms with Crippen LogP contribution in [-0.2, 0) is 18.9 Å². The number of unbranched alkanes of at least 4 members (excludes halogenated alkanes) is 2. The smallest absolute Gasteiger partial charge is 0.502 e. The quantitative estimate of drug-likeness (QED) is 0.310. The zero-order valence-electron chi connectivity index (χ0n) is 12.5. The number of hydrogen-bond donors (Lipinski definition) is 0. The van der Waals surface area contributed by atoms with Crippen LogP contribution < -0.4 is 0 Å². The van der Waals surface area contributed by atoms with Gasteiger partial charge >= 0.3 is 6.16 Å². The van der Waals surface area contributed by atoms with Crippen LogP contribution in [0.5, 0.6) is 0 Å². The summed E-state index contributed by atoms with van der Waals surface area (Å²) in [6.07, 6.45) is 9.58. The molecule has 0 saturated heterocycles. The third-order valence-electron chi connectivity index (χ3n) is 2.22. The summed E-state index contributed by atoms with van der Waals surface area (Å²) in [4.78, 5) is 11.2. The van der Waals surface area contributed by atoms with Crippen LogP contribution in [0.2, 0.25) is 0 Å². The van der Waals surface area contributed by atoms with Crippen molar-refractivity contribution in [1.82, 2.24) is 0 Å². The molecule has 0 aliphatic carbocycles. The van der Waals surface area contributed by atoms with Crippen LogP contribution in [0.15, 0.2) is 24.7 Å². The van der Waals surface area contributed by atoms with Gasteiger partial charge in [0.2, 0.25) is 0 Å². The van der Waals surface area contributed by atoms with Crippen molar-refractivity contribution in [2.24, 2.45) is 0 Å². The number of ether oxygens (including phenoxy) is 4. The largest absolute Gasteiger partial charge is 0.508 e. The summed E-state index contributed by atoms with van der Waals surface area (Å²) in [5, 5.41) is 0. The van der Waals surface area contributed by atoms with Crippen molar-refractivity contribution in [3.8, 4) is 0 Å². The Morgan fingerprint density at radius 1 is 0.750 bits per heavy atom. The van der Waals surface area contributed by atoms with Crippen LogP contribution >= 0.6 is 0 Å². The number of allylic oxidation sites excluding steroid dienone is 2. The van der Waals surface area contributed by atoms with Gasteiger partial charge in [0, 0.05) is 0 Å². The molecule has 0 unspecified atom stereocenters. The lowest BCUT2D eigenvalue weighted by molar-refractivity contribution is 0.0509. The Kier molecular flexibility index (Phi) is 14.1. The minimum atomic E-state index is -0.603. The van der Waals surface area contributed by atoms with Crippen molar-refractivity contribution in [2.75, 3.05) is 26.4 Å². The van der Waals surface area contributed by atoms with E-state index in [1.165, 1.54) is 0 Å². The summed E-state index contributed by atoms with van der Waals surface area (Å²) < 4.78 is 20.1. The minimum Gasteiger partial charge on any atom is -0.502 e. The maximum atomic E-state index is 11.2. The molecule has 0 aromatic carbocycles. The molecule has 0 aromatic rings. The van der Waals surface area contributed by atoms with Crippen molar-refractivity contribution in [3.63, 3.8) is 0 Å². The van der Waals surface area contributed by atoms with E-state index in [0.717, 1.165) is 25.7 Å². The van der Waals surface area contributed by atoms with Crippen LogP contribution in [0.25, 0.3) is 0 Å². The fourth-order valence-corrected chi connectivity index (χ4v) is 1.26. The molecule has 0 fully saturated rings. The summed E-state index contributed by atoms with van der Waals surface area (Å²) in [5.74, 6) is 0. The van der Waals surface area contributed by atoms with Crippen LogP contribution in [0.3, 0.4) is 0 Å². The van der Waals surface area contributed by atoms with E-state index in [1.807, 2.05) is 26.0 Å². The number of hydrogen-bond acceptors (Lipinski definition) is 5. The molecule has 0 aliphatic rings. The Morgan fingerprint density at radius 2 is 1.15 bits per heavy atom. The third kappa shape index (κ3) is 14.4. The summed E-state index contributed by atoms with van der Waals surface area (Å²) in [6.45, 7) is 5.78. The molecule has 0 radical (unpaired) electrons. The van der Waals surface area contributed by atoms with E-state index in [-0.39, 0.29) is 0 Å². The highest BCUT2D eigenvalue weighted by Gasteiger charge is 2.02. The van der Waals surface area contributed by atoms with Crippen molar-refractivity contribution in [1.29, 1.82) is 0 Å². The monoisotopic (exact) mass is 286 g/mol. The van der Waals surface area contributed by atoms with E-state index in [4.69, 9.17) is 18.9 Å². The van der Waals surface area contributed by atoms with E-state index < -0.39 is 6.16 Å². The summed E-state index contributed by atoms with van der Waals surface area (Å²) >= 11 is 0. The van der Waals surface area contributed by atoms with E-state index in [0.29, 0.717) is 26.4 Å². The van der Waals surface area contributed by atoms with Gasteiger partial charge in [0.05, 0.1) is 39.0 Å². The number of carbonyl (C=O) groups is 1. The lowest BCUT2D eigenvalue weighted by atomic mass is 10.3. The molecule has 0 N–H and O–H groups in total. The van der Waals surface area contributed by atoms with Gasteiger partial charge in [0.25, 0.3) is 0 Å². The molecule has 0 amide bonds. The van der Waals surface area contributed by atoms with Crippen LogP contribution in [0.4, 0.5) is 4.79 Å². The molecule has 20 heavy (non-hydrogen) atoms. The van der Waals surface area contributed by atoms with Gasteiger partial charge < -0.3 is 18.9 Å². The molecule has 0 saturated carbocycles. The molecule has 0 atom stereocenters. The van der Waals surface area contributed by atoms with Crippen molar-refractivity contribution in [3.05, 3.63) is 24.7 Å². The van der Waals surface area contributed by atoms with Gasteiger partial charge in [-0.25, -0.2) is 4.79 Å². The van der Waals surface area contributed by atoms with Gasteiger partial charge in [-0.1, -0.05) is 12.2 Å². The Hall–Kier alpha value is -1.65. The molecular weight excluding hydrogens is 260 g/mol. The van der Waals surface area contributed by atoms with Gasteiger partial charge in [0.15, 0.2) is 0 Å². The van der Waals surface area contributed by atoms with Gasteiger partial charge in [-0.3, -0.25) is 0 Å². The molecular formula is C15H26O5. The summed E-state index contributed by atoms with van der Waals surface area (Å²) in [5.41, 5.74) is 0. The van der Waals surface area contributed by atoms with Crippen molar-refractivity contribution >= 4 is 6.16 Å². The van der Waals surface area contributed by atoms with E-state index in [2.05, 4.69) is 0 Å². The van der Waals surface area contributed by atoms with Gasteiger partial charge in [0.1, 0.15) is 0 Å². The second kappa shape index (κ2) is 15.4. The average Bonchev–Trinajstić information content (AvgIpc) is 2.45. The van der Waals surface area contributed by atoms with Gasteiger partial charge in [-0.2, -0.15) is 0 Å². The number of rotatable bonds is 12. The van der Waals surface area contributed by atoms with E-state index in [9.17, 15) is 4.79 Å². The summed E-state index contributed by atoms with van der Waals surface area (Å²) in [7, 11) is 0. The highest BCUT2D eigenvalue weighted by molar-refractivity contribution is 5.59. The van der Waals surface area contributed by atoms with Crippen LogP contribution in [-0.4, -0.2) is 32.6 Å². The molecule has 0 aliphatic heterocycles. The Balaban J connectivity index is 3.20. The van der Waals surface area contributed by atoms with E-state index in [1.54, 1.807) is 12.5 Å². The fourth-order valence-electron chi connectivity index (χ4n) is 1.26. The van der Waals surface area contributed by atoms with Crippen LogP contribution in [0, 0.1) is 0 Å². The first-order chi connectivity index (χ1) is 9.81. The molecule has 116 valence electrons. The first-order valence-electron chi connectivity index (χ1n) is 7.06. The first kappa shape index (κ1) is 18.4. The lowest BCUT2D eigenvalue weighted by Gasteiger charge is -2.06. The average molecular weight is 286 g/mol. The highest BCUT2D eigenvalue weighted by Crippen LogP contribution is 1.97. The topological polar surface area (TPSA) is 54.0 Å². The SMILES string of the molecule is CC=COCCCCOC(=O)OCCCCOC=CC. The standard InChI is InChI=1S/C15H26O5/c1-3-9-17-11-5-7-13-19-15(16)20-14-8-6-12-18-10-4-2/h3-4,9-10H,5-8,11-14H2,1-2H3. The Labute approximate surface area is 121 Å². The zero-order chi connectivity index (χ0) is 14.9. The molecule has 0 heterocycles. The lowest BCUT2D eigenvalue weighted by Crippen LogP contribution is -2.10. The third-order valence-corrected chi connectivity index (χ3v) is 2.22. The Morgan fingerprint density at radius 3 is 1.55 bits per heavy atom. The molecule has 5 nitrogen and oxygen atoms in total. The molecule has 0 bridgehead atoms. The highest BCUT2D eigenvalue weighted by atomic mass is 16.7. The number of carbonyl (C=O) groups excluding carboxylic acids is 1. The predicted molar refractivity (Wildman–Crippen MR) is 77.3 cm³/mol. The predicted octanol–water partition coefficient (Wildman–Crippen LogP) is 3.80. The Bertz CT molecular complexity index is 247. The van der Waals surface area contributed by atoms with E-state index >= 15 is 0 Å². The molecule has 0 spiro atoms. The minimum absolute atomic E-state index is 0.364. The van der Waals surface area contributed by atoms with Gasteiger partial charge in [-0.05, 0) is 39.5 Å². The molecule has 0 aromatic heterocycles. The first-order valence-corrected chi connectivity index (χ1v) is 7.06. The normalized spacial score (nSPS) is 10.9. The zero-order valence-corrected chi connectivity index (χ0v) is 12.5. The van der Waals surface area contributed by atoms with Crippen molar-refractivity contribution < 1.29 is 23.7 Å². The molecule has 0 rings (SSSR count). The van der Waals surface area contributed by atoms with Crippen molar-refractivity contribution in [2.45, 2.75) is 39.5 Å². The maximum Gasteiger partial charge on any atom is 0.508 e. The van der Waals surface area contributed by atoms with Gasteiger partial charge in [-0.15, -0.1) is 0 Å².